The monoisotopic (exact) mass is 270 g/mol. The van der Waals surface area contributed by atoms with Gasteiger partial charge in [-0.3, -0.25) is 14.4 Å². The van der Waals surface area contributed by atoms with Gasteiger partial charge >= 0.3 is 0 Å². The standard InChI is InChI=1S/C8H14O2.C8H16O/c1-6(9)5-7(10)8(2,3)4;1-6(2)7(9)8(3,4)5/h5H2,1-4H3;6H,1-5H3. The SMILES string of the molecule is CC(=O)CC(=O)C(C)(C)C.CC(C)C(=O)C(C)(C)C. The normalized spacial score (nSPS) is 11.7. The van der Waals surface area contributed by atoms with Crippen LogP contribution in [0.3, 0.4) is 0 Å². The van der Waals surface area contributed by atoms with E-state index in [1.54, 1.807) is 0 Å². The molecular weight excluding hydrogens is 240 g/mol. The maximum absolute atomic E-state index is 11.2. The van der Waals surface area contributed by atoms with Crippen molar-refractivity contribution in [3.63, 3.8) is 0 Å². The lowest BCUT2D eigenvalue weighted by Crippen LogP contribution is -2.24. The van der Waals surface area contributed by atoms with Gasteiger partial charge in [-0.2, -0.15) is 0 Å². The van der Waals surface area contributed by atoms with E-state index in [-0.39, 0.29) is 34.7 Å². The minimum Gasteiger partial charge on any atom is -0.300 e. The van der Waals surface area contributed by atoms with Crippen LogP contribution in [0.2, 0.25) is 0 Å². The molecule has 0 spiro atoms. The first-order valence-electron chi connectivity index (χ1n) is 6.76. The van der Waals surface area contributed by atoms with Gasteiger partial charge in [0.05, 0.1) is 6.42 Å². The molecule has 0 atom stereocenters. The topological polar surface area (TPSA) is 51.2 Å². The van der Waals surface area contributed by atoms with Gasteiger partial charge in [0.2, 0.25) is 0 Å². The van der Waals surface area contributed by atoms with Gasteiger partial charge in [-0.1, -0.05) is 55.4 Å². The maximum Gasteiger partial charge on any atom is 0.145 e. The molecule has 3 heteroatoms. The fourth-order valence-electron chi connectivity index (χ4n) is 1.36. The van der Waals surface area contributed by atoms with Crippen molar-refractivity contribution < 1.29 is 14.4 Å². The van der Waals surface area contributed by atoms with Crippen LogP contribution in [0.15, 0.2) is 0 Å². The van der Waals surface area contributed by atoms with E-state index in [0.717, 1.165) is 0 Å². The van der Waals surface area contributed by atoms with Crippen LogP contribution in [-0.4, -0.2) is 17.3 Å². The van der Waals surface area contributed by atoms with Crippen LogP contribution < -0.4 is 0 Å². The van der Waals surface area contributed by atoms with Crippen LogP contribution in [0, 0.1) is 16.7 Å². The largest absolute Gasteiger partial charge is 0.300 e. The van der Waals surface area contributed by atoms with Crippen molar-refractivity contribution >= 4 is 17.3 Å². The Bertz CT molecular complexity index is 325. The summed E-state index contributed by atoms with van der Waals surface area (Å²) in [6.45, 7) is 16.6. The minimum atomic E-state index is -0.369. The number of carbonyl (C=O) groups is 3. The van der Waals surface area contributed by atoms with Crippen LogP contribution >= 0.6 is 0 Å². The first-order chi connectivity index (χ1) is 8.19. The molecule has 0 bridgehead atoms. The summed E-state index contributed by atoms with van der Waals surface area (Å²) in [5.74, 6) is 0.465. The minimum absolute atomic E-state index is 0.0139. The zero-order chi connectivity index (χ0) is 16.0. The summed E-state index contributed by atoms with van der Waals surface area (Å²) < 4.78 is 0. The number of hydrogen-bond donors (Lipinski definition) is 0. The second-order valence-corrected chi connectivity index (χ2v) is 7.32. The highest BCUT2D eigenvalue weighted by Gasteiger charge is 2.23. The van der Waals surface area contributed by atoms with Gasteiger partial charge < -0.3 is 0 Å². The Morgan fingerprint density at radius 2 is 1.21 bits per heavy atom. The van der Waals surface area contributed by atoms with Gasteiger partial charge in [0, 0.05) is 16.7 Å². The average molecular weight is 270 g/mol. The van der Waals surface area contributed by atoms with E-state index in [4.69, 9.17) is 0 Å². The van der Waals surface area contributed by atoms with Gasteiger partial charge in [-0.05, 0) is 6.92 Å². The van der Waals surface area contributed by atoms with E-state index >= 15 is 0 Å². The van der Waals surface area contributed by atoms with E-state index in [1.807, 2.05) is 55.4 Å². The Hall–Kier alpha value is -0.990. The number of rotatable bonds is 3. The summed E-state index contributed by atoms with van der Waals surface area (Å²) in [5, 5.41) is 0. The molecule has 0 aromatic carbocycles. The fraction of sp³-hybridized carbons (Fsp3) is 0.812. The molecule has 0 N–H and O–H groups in total. The van der Waals surface area contributed by atoms with Crippen molar-refractivity contribution in [1.29, 1.82) is 0 Å². The van der Waals surface area contributed by atoms with E-state index < -0.39 is 0 Å². The first-order valence-corrected chi connectivity index (χ1v) is 6.76. The van der Waals surface area contributed by atoms with E-state index in [9.17, 15) is 14.4 Å². The lowest BCUT2D eigenvalue weighted by atomic mass is 9.85. The third-order valence-corrected chi connectivity index (χ3v) is 2.51. The molecule has 0 heterocycles. The molecule has 112 valence electrons. The molecule has 0 aliphatic carbocycles. The van der Waals surface area contributed by atoms with Crippen molar-refractivity contribution in [3.8, 4) is 0 Å². The Balaban J connectivity index is 0. The molecule has 0 saturated heterocycles. The van der Waals surface area contributed by atoms with Crippen molar-refractivity contribution in [2.24, 2.45) is 16.7 Å². The first kappa shape index (κ1) is 20.3. The van der Waals surface area contributed by atoms with Crippen molar-refractivity contribution in [1.82, 2.24) is 0 Å². The highest BCUT2D eigenvalue weighted by Crippen LogP contribution is 2.19. The van der Waals surface area contributed by atoms with Gasteiger partial charge in [0.15, 0.2) is 0 Å². The summed E-state index contributed by atoms with van der Waals surface area (Å²) in [4.78, 5) is 32.7. The zero-order valence-corrected chi connectivity index (χ0v) is 14.0. The highest BCUT2D eigenvalue weighted by molar-refractivity contribution is 6.00. The summed E-state index contributed by atoms with van der Waals surface area (Å²) >= 11 is 0. The molecule has 0 amide bonds. The molecule has 0 aromatic heterocycles. The summed E-state index contributed by atoms with van der Waals surface area (Å²) in [6, 6.07) is 0. The molecule has 0 fully saturated rings. The molecule has 0 aliphatic heterocycles. The summed E-state index contributed by atoms with van der Waals surface area (Å²) in [7, 11) is 0. The third kappa shape index (κ3) is 10.6. The Morgan fingerprint density at radius 3 is 1.26 bits per heavy atom. The lowest BCUT2D eigenvalue weighted by molar-refractivity contribution is -0.131. The van der Waals surface area contributed by atoms with Crippen molar-refractivity contribution in [2.45, 2.75) is 68.7 Å². The van der Waals surface area contributed by atoms with Gasteiger partial charge in [-0.15, -0.1) is 0 Å². The van der Waals surface area contributed by atoms with Crippen LogP contribution in [-0.2, 0) is 14.4 Å². The Morgan fingerprint density at radius 1 is 0.842 bits per heavy atom. The average Bonchev–Trinajstić information content (AvgIpc) is 2.13. The molecule has 19 heavy (non-hydrogen) atoms. The number of Topliss-reactive ketones (excluding diaryl/α,β-unsaturated/α-hetero) is 3. The van der Waals surface area contributed by atoms with Crippen LogP contribution in [0.4, 0.5) is 0 Å². The number of ketones is 3. The van der Waals surface area contributed by atoms with Crippen LogP contribution in [0.5, 0.6) is 0 Å². The van der Waals surface area contributed by atoms with Gasteiger partial charge in [-0.25, -0.2) is 0 Å². The maximum atomic E-state index is 11.2. The lowest BCUT2D eigenvalue weighted by Gasteiger charge is -2.18. The second kappa shape index (κ2) is 7.56. The molecule has 0 aliphatic rings. The molecule has 0 rings (SSSR count). The smallest absolute Gasteiger partial charge is 0.145 e. The summed E-state index contributed by atoms with van der Waals surface area (Å²) in [5.41, 5.74) is -0.528. The van der Waals surface area contributed by atoms with Gasteiger partial charge in [0.1, 0.15) is 17.3 Å². The molecule has 0 saturated carbocycles. The van der Waals surface area contributed by atoms with Crippen LogP contribution in [0.25, 0.3) is 0 Å². The predicted molar refractivity (Wildman–Crippen MR) is 79.1 cm³/mol. The molecular formula is C16H30O3. The quantitative estimate of drug-likeness (QED) is 0.732. The number of hydrogen-bond acceptors (Lipinski definition) is 3. The Kier molecular flexibility index (Phi) is 8.09. The zero-order valence-electron chi connectivity index (χ0n) is 14.0. The molecule has 3 nitrogen and oxygen atoms in total. The predicted octanol–water partition coefficient (Wildman–Crippen LogP) is 3.84. The van der Waals surface area contributed by atoms with E-state index in [2.05, 4.69) is 0 Å². The van der Waals surface area contributed by atoms with Crippen molar-refractivity contribution in [2.75, 3.05) is 0 Å². The van der Waals surface area contributed by atoms with Crippen molar-refractivity contribution in [3.05, 3.63) is 0 Å². The van der Waals surface area contributed by atoms with Crippen LogP contribution in [0.1, 0.15) is 68.7 Å². The summed E-state index contributed by atoms with van der Waals surface area (Å²) in [6.07, 6.45) is 0.0729. The molecule has 0 aromatic rings. The Labute approximate surface area is 118 Å². The van der Waals surface area contributed by atoms with Gasteiger partial charge in [0.25, 0.3) is 0 Å². The third-order valence-electron chi connectivity index (χ3n) is 2.51. The molecule has 0 unspecified atom stereocenters. The van der Waals surface area contributed by atoms with E-state index in [1.165, 1.54) is 6.92 Å². The van der Waals surface area contributed by atoms with E-state index in [0.29, 0.717) is 5.78 Å². The highest BCUT2D eigenvalue weighted by atomic mass is 16.1. The fourth-order valence-corrected chi connectivity index (χ4v) is 1.36. The number of carbonyl (C=O) groups excluding carboxylic acids is 3. The molecule has 0 radical (unpaired) electrons. The second-order valence-electron chi connectivity index (χ2n) is 7.32.